The fraction of sp³-hybridized carbons (Fsp3) is 0.364. The van der Waals surface area contributed by atoms with Gasteiger partial charge in [-0.15, -0.1) is 0 Å². The molecule has 0 saturated heterocycles. The predicted molar refractivity (Wildman–Crippen MR) is 106 cm³/mol. The summed E-state index contributed by atoms with van der Waals surface area (Å²) in [6.07, 6.45) is 0.942. The summed E-state index contributed by atoms with van der Waals surface area (Å²) in [5, 5.41) is 0. The predicted octanol–water partition coefficient (Wildman–Crippen LogP) is 4.04. The minimum absolute atomic E-state index is 0.0474. The van der Waals surface area contributed by atoms with Gasteiger partial charge in [-0.05, 0) is 43.5 Å². The van der Waals surface area contributed by atoms with Gasteiger partial charge >= 0.3 is 0 Å². The number of nitrogens with zero attached hydrogens (tertiary/aromatic N) is 2. The summed E-state index contributed by atoms with van der Waals surface area (Å²) in [5.41, 5.74) is 3.04. The number of carbonyl (C=O) groups excluding carboxylic acids is 2. The highest BCUT2D eigenvalue weighted by Crippen LogP contribution is 2.17. The molecule has 0 aliphatic carbocycles. The van der Waals surface area contributed by atoms with Gasteiger partial charge in [-0.1, -0.05) is 49.4 Å². The summed E-state index contributed by atoms with van der Waals surface area (Å²) in [5.74, 6) is -0.190. The molecule has 0 saturated carbocycles. The normalized spacial score (nSPS) is 10.7. The van der Waals surface area contributed by atoms with E-state index in [1.54, 1.807) is 4.90 Å². The van der Waals surface area contributed by atoms with Gasteiger partial charge in [0.2, 0.25) is 11.8 Å². The van der Waals surface area contributed by atoms with E-state index in [4.69, 9.17) is 0 Å². The summed E-state index contributed by atoms with van der Waals surface area (Å²) < 4.78 is 0. The van der Waals surface area contributed by atoms with Gasteiger partial charge in [0, 0.05) is 25.2 Å². The van der Waals surface area contributed by atoms with Crippen LogP contribution in [-0.4, -0.2) is 29.3 Å². The van der Waals surface area contributed by atoms with Crippen LogP contribution in [-0.2, 0) is 22.6 Å². The van der Waals surface area contributed by atoms with E-state index in [0.717, 1.165) is 17.7 Å². The number of rotatable bonds is 7. The average molecular weight is 352 g/mol. The molecule has 138 valence electrons. The first-order chi connectivity index (χ1) is 12.4. The van der Waals surface area contributed by atoms with Crippen LogP contribution in [0.25, 0.3) is 0 Å². The van der Waals surface area contributed by atoms with Gasteiger partial charge in [0.1, 0.15) is 6.54 Å². The van der Waals surface area contributed by atoms with Crippen molar-refractivity contribution in [1.29, 1.82) is 0 Å². The van der Waals surface area contributed by atoms with Gasteiger partial charge < -0.3 is 9.80 Å². The van der Waals surface area contributed by atoms with E-state index in [1.807, 2.05) is 73.3 Å². The highest BCUT2D eigenvalue weighted by atomic mass is 16.2. The highest BCUT2D eigenvalue weighted by molar-refractivity contribution is 5.97. The Morgan fingerprint density at radius 3 is 2.04 bits per heavy atom. The van der Waals surface area contributed by atoms with Gasteiger partial charge in [-0.2, -0.15) is 0 Å². The molecule has 0 radical (unpaired) electrons. The number of carbonyl (C=O) groups is 2. The van der Waals surface area contributed by atoms with Crippen LogP contribution in [0.4, 0.5) is 5.69 Å². The maximum absolute atomic E-state index is 12.9. The number of aryl methyl sites for hydroxylation is 1. The highest BCUT2D eigenvalue weighted by Gasteiger charge is 2.22. The van der Waals surface area contributed by atoms with E-state index in [-0.39, 0.29) is 24.4 Å². The molecule has 0 fully saturated rings. The van der Waals surface area contributed by atoms with Gasteiger partial charge in [-0.25, -0.2) is 0 Å². The summed E-state index contributed by atoms with van der Waals surface area (Å²) >= 11 is 0. The molecule has 2 amide bonds. The zero-order valence-corrected chi connectivity index (χ0v) is 16.1. The lowest BCUT2D eigenvalue weighted by molar-refractivity contribution is -0.133. The number of hydrogen-bond acceptors (Lipinski definition) is 2. The molecule has 4 nitrogen and oxygen atoms in total. The lowest BCUT2D eigenvalue weighted by Crippen LogP contribution is -2.44. The van der Waals surface area contributed by atoms with E-state index in [9.17, 15) is 9.59 Å². The molecule has 0 heterocycles. The second kappa shape index (κ2) is 9.18. The molecule has 26 heavy (non-hydrogen) atoms. The lowest BCUT2D eigenvalue weighted by atomic mass is 10.1. The third kappa shape index (κ3) is 5.19. The van der Waals surface area contributed by atoms with Crippen LogP contribution in [0.1, 0.15) is 38.8 Å². The fourth-order valence-electron chi connectivity index (χ4n) is 2.86. The Bertz CT molecular complexity index is 724. The molecule has 0 bridgehead atoms. The standard InChI is InChI=1S/C22H28N2O2/c1-5-19-11-13-21(14-12-19)24(18(4)25)16-22(26)23(17(2)3)15-20-9-7-6-8-10-20/h6-14,17H,5,15-16H2,1-4H3. The quantitative estimate of drug-likeness (QED) is 0.754. The Morgan fingerprint density at radius 1 is 0.923 bits per heavy atom. The summed E-state index contributed by atoms with van der Waals surface area (Å²) in [6, 6.07) is 17.8. The Morgan fingerprint density at radius 2 is 1.54 bits per heavy atom. The van der Waals surface area contributed by atoms with Crippen molar-refractivity contribution in [1.82, 2.24) is 4.90 Å². The van der Waals surface area contributed by atoms with Crippen LogP contribution in [0.2, 0.25) is 0 Å². The van der Waals surface area contributed by atoms with E-state index in [2.05, 4.69) is 6.92 Å². The van der Waals surface area contributed by atoms with E-state index >= 15 is 0 Å². The van der Waals surface area contributed by atoms with Crippen LogP contribution in [0.15, 0.2) is 54.6 Å². The van der Waals surface area contributed by atoms with E-state index in [0.29, 0.717) is 6.54 Å². The van der Waals surface area contributed by atoms with Crippen LogP contribution in [0, 0.1) is 0 Å². The molecule has 0 unspecified atom stereocenters. The second-order valence-corrected chi connectivity index (χ2v) is 6.73. The Labute approximate surface area is 156 Å². The van der Waals surface area contributed by atoms with E-state index in [1.165, 1.54) is 12.5 Å². The second-order valence-electron chi connectivity index (χ2n) is 6.73. The van der Waals surface area contributed by atoms with Crippen molar-refractivity contribution in [2.24, 2.45) is 0 Å². The Hall–Kier alpha value is -2.62. The third-order valence-electron chi connectivity index (χ3n) is 4.47. The summed E-state index contributed by atoms with van der Waals surface area (Å²) in [7, 11) is 0. The molecule has 0 atom stereocenters. The molecule has 2 aromatic rings. The number of benzene rings is 2. The molecular formula is C22H28N2O2. The SMILES string of the molecule is CCc1ccc(N(CC(=O)N(Cc2ccccc2)C(C)C)C(C)=O)cc1. The zero-order chi connectivity index (χ0) is 19.1. The monoisotopic (exact) mass is 352 g/mol. The minimum atomic E-state index is -0.133. The number of hydrogen-bond donors (Lipinski definition) is 0. The van der Waals surface area contributed by atoms with Gasteiger partial charge in [0.05, 0.1) is 0 Å². The first-order valence-corrected chi connectivity index (χ1v) is 9.12. The lowest BCUT2D eigenvalue weighted by Gasteiger charge is -2.30. The molecule has 0 aliphatic rings. The van der Waals surface area contributed by atoms with Crippen molar-refractivity contribution >= 4 is 17.5 Å². The Balaban J connectivity index is 2.16. The van der Waals surface area contributed by atoms with Gasteiger partial charge in [0.15, 0.2) is 0 Å². The van der Waals surface area contributed by atoms with Crippen LogP contribution < -0.4 is 4.90 Å². The largest absolute Gasteiger partial charge is 0.334 e. The zero-order valence-electron chi connectivity index (χ0n) is 16.1. The minimum Gasteiger partial charge on any atom is -0.334 e. The van der Waals surface area contributed by atoms with Crippen molar-refractivity contribution in [3.63, 3.8) is 0 Å². The smallest absolute Gasteiger partial charge is 0.243 e. The summed E-state index contributed by atoms with van der Waals surface area (Å²) in [4.78, 5) is 28.4. The number of amides is 2. The van der Waals surface area contributed by atoms with Crippen LogP contribution in [0.5, 0.6) is 0 Å². The molecule has 0 aromatic heterocycles. The van der Waals surface area contributed by atoms with Gasteiger partial charge in [0.25, 0.3) is 0 Å². The van der Waals surface area contributed by atoms with Crippen molar-refractivity contribution in [2.75, 3.05) is 11.4 Å². The molecular weight excluding hydrogens is 324 g/mol. The van der Waals surface area contributed by atoms with Crippen molar-refractivity contribution < 1.29 is 9.59 Å². The first-order valence-electron chi connectivity index (χ1n) is 9.12. The van der Waals surface area contributed by atoms with Crippen LogP contribution >= 0.6 is 0 Å². The van der Waals surface area contributed by atoms with Gasteiger partial charge in [-0.3, -0.25) is 9.59 Å². The topological polar surface area (TPSA) is 40.6 Å². The summed E-state index contributed by atoms with van der Waals surface area (Å²) in [6.45, 7) is 8.16. The maximum atomic E-state index is 12.9. The maximum Gasteiger partial charge on any atom is 0.243 e. The molecule has 4 heteroatoms. The fourth-order valence-corrected chi connectivity index (χ4v) is 2.86. The average Bonchev–Trinajstić information content (AvgIpc) is 2.64. The van der Waals surface area contributed by atoms with E-state index < -0.39 is 0 Å². The first kappa shape index (κ1) is 19.7. The van der Waals surface area contributed by atoms with Crippen molar-refractivity contribution in [2.45, 2.75) is 46.7 Å². The molecule has 0 N–H and O–H groups in total. The molecule has 0 aliphatic heterocycles. The number of anilines is 1. The Kier molecular flexibility index (Phi) is 6.96. The molecule has 2 aromatic carbocycles. The van der Waals surface area contributed by atoms with Crippen LogP contribution in [0.3, 0.4) is 0 Å². The molecule has 2 rings (SSSR count). The third-order valence-corrected chi connectivity index (χ3v) is 4.47. The molecule has 0 spiro atoms. The van der Waals surface area contributed by atoms with Crippen molar-refractivity contribution in [3.8, 4) is 0 Å². The van der Waals surface area contributed by atoms with Crippen molar-refractivity contribution in [3.05, 3.63) is 65.7 Å².